The van der Waals surface area contributed by atoms with E-state index in [1.165, 1.54) is 13.2 Å². The second kappa shape index (κ2) is 4.31. The van der Waals surface area contributed by atoms with Crippen LogP contribution in [0.3, 0.4) is 0 Å². The lowest BCUT2D eigenvalue weighted by Crippen LogP contribution is -2.17. The monoisotopic (exact) mass is 241 g/mol. The van der Waals surface area contributed by atoms with Crippen molar-refractivity contribution >= 4 is 11.6 Å². The summed E-state index contributed by atoms with van der Waals surface area (Å²) in [4.78, 5) is 0. The van der Waals surface area contributed by atoms with E-state index >= 15 is 0 Å². The van der Waals surface area contributed by atoms with E-state index in [2.05, 4.69) is 6.07 Å². The molecular formula is C12H13ClFNO. The lowest BCUT2D eigenvalue weighted by atomic mass is 9.84. The van der Waals surface area contributed by atoms with E-state index in [0.717, 1.165) is 0 Å². The van der Waals surface area contributed by atoms with Crippen molar-refractivity contribution in [2.45, 2.75) is 26.2 Å². The van der Waals surface area contributed by atoms with Gasteiger partial charge in [0.25, 0.3) is 0 Å². The van der Waals surface area contributed by atoms with Crippen LogP contribution in [0.15, 0.2) is 6.07 Å². The third-order valence-electron chi connectivity index (χ3n) is 2.46. The Morgan fingerprint density at radius 1 is 1.50 bits per heavy atom. The van der Waals surface area contributed by atoms with Gasteiger partial charge in [-0.3, -0.25) is 0 Å². The molecule has 0 aliphatic carbocycles. The van der Waals surface area contributed by atoms with Crippen molar-refractivity contribution < 1.29 is 9.13 Å². The van der Waals surface area contributed by atoms with Gasteiger partial charge in [-0.15, -0.1) is 0 Å². The molecule has 0 atom stereocenters. The second-order valence-electron chi connectivity index (χ2n) is 4.13. The highest BCUT2D eigenvalue weighted by Gasteiger charge is 2.30. The Balaban J connectivity index is 3.66. The van der Waals surface area contributed by atoms with Crippen LogP contribution >= 0.6 is 11.6 Å². The SMILES string of the molecule is COc1c(F)cc(C)c(Cl)c1C(C)(C)C#N. The molecule has 1 rings (SSSR count). The van der Waals surface area contributed by atoms with Gasteiger partial charge in [-0.05, 0) is 32.4 Å². The van der Waals surface area contributed by atoms with Crippen molar-refractivity contribution in [3.63, 3.8) is 0 Å². The molecule has 0 heterocycles. The van der Waals surface area contributed by atoms with Gasteiger partial charge >= 0.3 is 0 Å². The zero-order chi connectivity index (χ0) is 12.5. The van der Waals surface area contributed by atoms with Crippen LogP contribution in [0.4, 0.5) is 4.39 Å². The summed E-state index contributed by atoms with van der Waals surface area (Å²) in [6.07, 6.45) is 0. The molecule has 0 fully saturated rings. The Hall–Kier alpha value is -1.27. The fourth-order valence-corrected chi connectivity index (χ4v) is 1.93. The number of methoxy groups -OCH3 is 1. The standard InChI is InChI=1S/C12H13ClFNO/c1-7-5-8(14)11(16-4)9(10(7)13)12(2,3)6-15/h5H,1-4H3. The van der Waals surface area contributed by atoms with E-state index in [1.807, 2.05) is 0 Å². The summed E-state index contributed by atoms with van der Waals surface area (Å²) < 4.78 is 18.7. The predicted molar refractivity (Wildman–Crippen MR) is 61.3 cm³/mol. The average Bonchev–Trinajstić information content (AvgIpc) is 2.22. The van der Waals surface area contributed by atoms with E-state index in [0.29, 0.717) is 16.1 Å². The number of hydrogen-bond donors (Lipinski definition) is 0. The van der Waals surface area contributed by atoms with Crippen LogP contribution in [0, 0.1) is 24.1 Å². The largest absolute Gasteiger partial charge is 0.493 e. The molecule has 0 spiro atoms. The maximum absolute atomic E-state index is 13.7. The van der Waals surface area contributed by atoms with Crippen LogP contribution in [0.1, 0.15) is 25.0 Å². The van der Waals surface area contributed by atoms with Gasteiger partial charge in [0.1, 0.15) is 0 Å². The Labute approximate surface area is 99.6 Å². The summed E-state index contributed by atoms with van der Waals surface area (Å²) in [5.74, 6) is -0.454. The lowest BCUT2D eigenvalue weighted by molar-refractivity contribution is 0.375. The molecule has 0 N–H and O–H groups in total. The number of hydrogen-bond acceptors (Lipinski definition) is 2. The maximum atomic E-state index is 13.7. The Bertz CT molecular complexity index is 463. The topological polar surface area (TPSA) is 33.0 Å². The summed E-state index contributed by atoms with van der Waals surface area (Å²) in [6.45, 7) is 5.05. The molecule has 1 aromatic carbocycles. The molecule has 0 aromatic heterocycles. The maximum Gasteiger partial charge on any atom is 0.165 e. The van der Waals surface area contributed by atoms with Crippen molar-refractivity contribution in [3.05, 3.63) is 28.0 Å². The van der Waals surface area contributed by atoms with Crippen LogP contribution in [0.5, 0.6) is 5.75 Å². The second-order valence-corrected chi connectivity index (χ2v) is 4.51. The first-order valence-electron chi connectivity index (χ1n) is 4.79. The van der Waals surface area contributed by atoms with Gasteiger partial charge in [0.15, 0.2) is 11.6 Å². The van der Waals surface area contributed by atoms with E-state index in [-0.39, 0.29) is 5.75 Å². The van der Waals surface area contributed by atoms with Gasteiger partial charge in [-0.25, -0.2) is 4.39 Å². The molecule has 0 aliphatic rings. The molecule has 0 radical (unpaired) electrons. The quantitative estimate of drug-likeness (QED) is 0.793. The van der Waals surface area contributed by atoms with Crippen LogP contribution in [0.2, 0.25) is 5.02 Å². The van der Waals surface area contributed by atoms with E-state index in [9.17, 15) is 4.39 Å². The predicted octanol–water partition coefficient (Wildman–Crippen LogP) is 3.60. The van der Waals surface area contributed by atoms with Gasteiger partial charge < -0.3 is 4.74 Å². The zero-order valence-electron chi connectivity index (χ0n) is 9.69. The van der Waals surface area contributed by atoms with Crippen molar-refractivity contribution in [2.24, 2.45) is 0 Å². The lowest BCUT2D eigenvalue weighted by Gasteiger charge is -2.22. The molecule has 0 saturated carbocycles. The van der Waals surface area contributed by atoms with Crippen LogP contribution in [0.25, 0.3) is 0 Å². The molecule has 16 heavy (non-hydrogen) atoms. The number of halogens is 2. The van der Waals surface area contributed by atoms with Gasteiger partial charge in [0.05, 0.1) is 23.6 Å². The Kier molecular flexibility index (Phi) is 3.44. The first kappa shape index (κ1) is 12.8. The summed E-state index contributed by atoms with van der Waals surface area (Å²) in [6, 6.07) is 3.40. The molecule has 0 bridgehead atoms. The molecule has 86 valence electrons. The van der Waals surface area contributed by atoms with Crippen molar-refractivity contribution in [1.29, 1.82) is 5.26 Å². The molecule has 0 amide bonds. The average molecular weight is 242 g/mol. The minimum Gasteiger partial charge on any atom is -0.493 e. The van der Waals surface area contributed by atoms with Crippen LogP contribution in [-0.4, -0.2) is 7.11 Å². The van der Waals surface area contributed by atoms with E-state index in [1.54, 1.807) is 20.8 Å². The molecule has 1 aromatic rings. The number of nitriles is 1. The summed E-state index contributed by atoms with van der Waals surface area (Å²) >= 11 is 6.11. The Morgan fingerprint density at radius 3 is 2.50 bits per heavy atom. The highest BCUT2D eigenvalue weighted by Crippen LogP contribution is 2.40. The molecule has 0 unspecified atom stereocenters. The molecule has 4 heteroatoms. The minimum absolute atomic E-state index is 0.0437. The van der Waals surface area contributed by atoms with Crippen molar-refractivity contribution in [1.82, 2.24) is 0 Å². The summed E-state index contributed by atoms with van der Waals surface area (Å²) in [5.41, 5.74) is 0.102. The first-order chi connectivity index (χ1) is 7.35. The van der Waals surface area contributed by atoms with Crippen LogP contribution in [-0.2, 0) is 5.41 Å². The highest BCUT2D eigenvalue weighted by atomic mass is 35.5. The van der Waals surface area contributed by atoms with Gasteiger partial charge in [-0.1, -0.05) is 11.6 Å². The minimum atomic E-state index is -0.894. The van der Waals surface area contributed by atoms with Gasteiger partial charge in [-0.2, -0.15) is 5.26 Å². The fraction of sp³-hybridized carbons (Fsp3) is 0.417. The van der Waals surface area contributed by atoms with Crippen LogP contribution < -0.4 is 4.74 Å². The number of benzene rings is 1. The highest BCUT2D eigenvalue weighted by molar-refractivity contribution is 6.32. The third kappa shape index (κ3) is 1.98. The van der Waals surface area contributed by atoms with Gasteiger partial charge in [0.2, 0.25) is 0 Å². The zero-order valence-corrected chi connectivity index (χ0v) is 10.4. The number of rotatable bonds is 2. The van der Waals surface area contributed by atoms with E-state index in [4.69, 9.17) is 21.6 Å². The van der Waals surface area contributed by atoms with Gasteiger partial charge in [0, 0.05) is 5.56 Å². The molecule has 0 aliphatic heterocycles. The molecule has 0 saturated heterocycles. The van der Waals surface area contributed by atoms with Crippen molar-refractivity contribution in [2.75, 3.05) is 7.11 Å². The molecular weight excluding hydrogens is 229 g/mol. The fourth-order valence-electron chi connectivity index (χ4n) is 1.55. The summed E-state index contributed by atoms with van der Waals surface area (Å²) in [7, 11) is 1.36. The summed E-state index contributed by atoms with van der Waals surface area (Å²) in [5, 5.41) is 9.47. The first-order valence-corrected chi connectivity index (χ1v) is 5.17. The smallest absolute Gasteiger partial charge is 0.165 e. The molecule has 2 nitrogen and oxygen atoms in total. The van der Waals surface area contributed by atoms with E-state index < -0.39 is 11.2 Å². The normalized spacial score (nSPS) is 11.1. The Morgan fingerprint density at radius 2 is 2.06 bits per heavy atom. The third-order valence-corrected chi connectivity index (χ3v) is 2.95. The number of nitrogens with zero attached hydrogens (tertiary/aromatic N) is 1. The number of ether oxygens (including phenoxy) is 1. The number of aryl methyl sites for hydroxylation is 1. The van der Waals surface area contributed by atoms with Crippen molar-refractivity contribution in [3.8, 4) is 11.8 Å².